The summed E-state index contributed by atoms with van der Waals surface area (Å²) in [6.07, 6.45) is 8.81. The van der Waals surface area contributed by atoms with Crippen LogP contribution in [0.25, 0.3) is 0 Å². The fraction of sp³-hybridized carbons (Fsp3) is 0.688. The Morgan fingerprint density at radius 3 is 3.00 bits per heavy atom. The second-order valence-electron chi connectivity index (χ2n) is 6.02. The van der Waals surface area contributed by atoms with Crippen LogP contribution in [0.3, 0.4) is 0 Å². The summed E-state index contributed by atoms with van der Waals surface area (Å²) in [4.78, 5) is 23.2. The molecule has 2 aliphatic rings. The van der Waals surface area contributed by atoms with E-state index >= 15 is 0 Å². The molecule has 3 heterocycles. The van der Waals surface area contributed by atoms with E-state index in [4.69, 9.17) is 4.74 Å². The molecule has 6 nitrogen and oxygen atoms in total. The minimum Gasteiger partial charge on any atom is -0.377 e. The van der Waals surface area contributed by atoms with Crippen molar-refractivity contribution in [2.24, 2.45) is 5.92 Å². The van der Waals surface area contributed by atoms with Gasteiger partial charge in [0.15, 0.2) is 0 Å². The van der Waals surface area contributed by atoms with E-state index in [0.717, 1.165) is 44.5 Å². The third-order valence-corrected chi connectivity index (χ3v) is 4.55. The summed E-state index contributed by atoms with van der Waals surface area (Å²) in [7, 11) is 0. The van der Waals surface area contributed by atoms with Crippen LogP contribution in [-0.4, -0.2) is 59.7 Å². The Kier molecular flexibility index (Phi) is 5.34. The van der Waals surface area contributed by atoms with Gasteiger partial charge in [0.2, 0.25) is 5.91 Å². The molecule has 0 aliphatic carbocycles. The molecule has 0 aromatic carbocycles. The number of amides is 1. The van der Waals surface area contributed by atoms with Gasteiger partial charge in [0.1, 0.15) is 0 Å². The van der Waals surface area contributed by atoms with Gasteiger partial charge < -0.3 is 15.0 Å². The molecule has 2 fully saturated rings. The highest BCUT2D eigenvalue weighted by Crippen LogP contribution is 2.20. The Morgan fingerprint density at radius 2 is 2.23 bits per heavy atom. The van der Waals surface area contributed by atoms with Gasteiger partial charge in [-0.25, -0.2) is 0 Å². The molecule has 3 rings (SSSR count). The molecule has 1 amide bonds. The maximum Gasteiger partial charge on any atom is 0.226 e. The molecule has 2 saturated heterocycles. The number of nitrogens with zero attached hydrogens (tertiary/aromatic N) is 3. The van der Waals surface area contributed by atoms with Crippen LogP contribution in [0.15, 0.2) is 18.6 Å². The summed E-state index contributed by atoms with van der Waals surface area (Å²) in [5.74, 6) is 0.493. The van der Waals surface area contributed by atoms with E-state index < -0.39 is 0 Å². The normalized spacial score (nSPS) is 23.5. The van der Waals surface area contributed by atoms with Crippen LogP contribution in [0.4, 0.5) is 0 Å². The Bertz CT molecular complexity index is 476. The van der Waals surface area contributed by atoms with Crippen LogP contribution >= 0.6 is 0 Å². The number of hydrogen-bond donors (Lipinski definition) is 1. The van der Waals surface area contributed by atoms with E-state index in [2.05, 4.69) is 20.2 Å². The molecule has 1 N–H and O–H groups in total. The van der Waals surface area contributed by atoms with E-state index in [9.17, 15) is 4.79 Å². The van der Waals surface area contributed by atoms with E-state index in [1.54, 1.807) is 18.6 Å². The molecule has 1 aromatic heterocycles. The standard InChI is InChI=1S/C16H24N4O2/c21-16(13-3-5-17-6-4-13)20-9-10-22-12-15(20)2-1-14-11-18-7-8-19-14/h7-8,11,13,15,17H,1-6,9-10,12H2/t15-/m1/s1. The molecule has 0 bridgehead atoms. The quantitative estimate of drug-likeness (QED) is 0.884. The number of aryl methyl sites for hydroxylation is 1. The lowest BCUT2D eigenvalue weighted by Gasteiger charge is -2.38. The van der Waals surface area contributed by atoms with Crippen LogP contribution in [-0.2, 0) is 16.0 Å². The number of piperidine rings is 1. The minimum atomic E-state index is 0.165. The summed E-state index contributed by atoms with van der Waals surface area (Å²) in [6.45, 7) is 3.90. The van der Waals surface area contributed by atoms with Crippen molar-refractivity contribution in [2.45, 2.75) is 31.7 Å². The molecule has 0 unspecified atom stereocenters. The van der Waals surface area contributed by atoms with Gasteiger partial charge in [-0.3, -0.25) is 14.8 Å². The fourth-order valence-corrected chi connectivity index (χ4v) is 3.26. The van der Waals surface area contributed by atoms with Gasteiger partial charge in [0.25, 0.3) is 0 Å². The van der Waals surface area contributed by atoms with Gasteiger partial charge in [-0.2, -0.15) is 0 Å². The molecular formula is C16H24N4O2. The van der Waals surface area contributed by atoms with Crippen molar-refractivity contribution in [2.75, 3.05) is 32.8 Å². The van der Waals surface area contributed by atoms with Gasteiger partial charge in [-0.05, 0) is 38.8 Å². The van der Waals surface area contributed by atoms with Gasteiger partial charge in [-0.15, -0.1) is 0 Å². The van der Waals surface area contributed by atoms with Crippen LogP contribution in [0, 0.1) is 5.92 Å². The average Bonchev–Trinajstić information content (AvgIpc) is 2.61. The molecule has 120 valence electrons. The molecule has 1 aromatic rings. The summed E-state index contributed by atoms with van der Waals surface area (Å²) in [5.41, 5.74) is 0.974. The van der Waals surface area contributed by atoms with Crippen molar-refractivity contribution >= 4 is 5.91 Å². The first-order valence-electron chi connectivity index (χ1n) is 8.18. The molecule has 2 aliphatic heterocycles. The SMILES string of the molecule is O=C(C1CCNCC1)N1CCOC[C@H]1CCc1cnccn1. The van der Waals surface area contributed by atoms with Gasteiger partial charge in [0, 0.05) is 31.1 Å². The largest absolute Gasteiger partial charge is 0.377 e. The van der Waals surface area contributed by atoms with Crippen molar-refractivity contribution in [3.8, 4) is 0 Å². The first-order chi connectivity index (χ1) is 10.8. The second kappa shape index (κ2) is 7.65. The first-order valence-corrected chi connectivity index (χ1v) is 8.18. The molecule has 0 spiro atoms. The monoisotopic (exact) mass is 304 g/mol. The maximum atomic E-state index is 12.8. The first kappa shape index (κ1) is 15.4. The Labute approximate surface area is 131 Å². The van der Waals surface area contributed by atoms with Crippen LogP contribution < -0.4 is 5.32 Å². The van der Waals surface area contributed by atoms with E-state index in [0.29, 0.717) is 25.7 Å². The molecule has 1 atom stereocenters. The van der Waals surface area contributed by atoms with E-state index in [1.807, 2.05) is 0 Å². The number of nitrogens with one attached hydrogen (secondary N) is 1. The lowest BCUT2D eigenvalue weighted by molar-refractivity contribution is -0.145. The Hall–Kier alpha value is -1.53. The Balaban J connectivity index is 1.59. The predicted molar refractivity (Wildman–Crippen MR) is 82.3 cm³/mol. The van der Waals surface area contributed by atoms with Crippen LogP contribution in [0.1, 0.15) is 25.0 Å². The molecule has 0 saturated carbocycles. The third-order valence-electron chi connectivity index (χ3n) is 4.55. The van der Waals surface area contributed by atoms with Crippen molar-refractivity contribution in [3.05, 3.63) is 24.3 Å². The minimum absolute atomic E-state index is 0.165. The summed E-state index contributed by atoms with van der Waals surface area (Å²) in [5, 5.41) is 3.32. The number of carbonyl (C=O) groups excluding carboxylic acids is 1. The van der Waals surface area contributed by atoms with Gasteiger partial charge in [0.05, 0.1) is 24.9 Å². The zero-order valence-corrected chi connectivity index (χ0v) is 12.9. The summed E-state index contributed by atoms with van der Waals surface area (Å²) >= 11 is 0. The predicted octanol–water partition coefficient (Wildman–Crippen LogP) is 0.636. The lowest BCUT2D eigenvalue weighted by atomic mass is 9.95. The average molecular weight is 304 g/mol. The molecule has 22 heavy (non-hydrogen) atoms. The Morgan fingerprint density at radius 1 is 1.36 bits per heavy atom. The van der Waals surface area contributed by atoms with Crippen LogP contribution in [0.2, 0.25) is 0 Å². The number of hydrogen-bond acceptors (Lipinski definition) is 5. The molecule has 0 radical (unpaired) electrons. The fourth-order valence-electron chi connectivity index (χ4n) is 3.26. The smallest absolute Gasteiger partial charge is 0.226 e. The molecule has 6 heteroatoms. The lowest BCUT2D eigenvalue weighted by Crippen LogP contribution is -2.52. The van der Waals surface area contributed by atoms with E-state index in [1.165, 1.54) is 0 Å². The number of ether oxygens (including phenoxy) is 1. The second-order valence-corrected chi connectivity index (χ2v) is 6.02. The molecular weight excluding hydrogens is 280 g/mol. The van der Waals surface area contributed by atoms with Crippen molar-refractivity contribution in [1.82, 2.24) is 20.2 Å². The number of carbonyl (C=O) groups is 1. The zero-order chi connectivity index (χ0) is 15.2. The highest BCUT2D eigenvalue weighted by molar-refractivity contribution is 5.79. The highest BCUT2D eigenvalue weighted by Gasteiger charge is 2.32. The van der Waals surface area contributed by atoms with Crippen molar-refractivity contribution < 1.29 is 9.53 Å². The van der Waals surface area contributed by atoms with E-state index in [-0.39, 0.29) is 12.0 Å². The highest BCUT2D eigenvalue weighted by atomic mass is 16.5. The summed E-state index contributed by atoms with van der Waals surface area (Å²) < 4.78 is 5.60. The number of aromatic nitrogens is 2. The van der Waals surface area contributed by atoms with Crippen molar-refractivity contribution in [1.29, 1.82) is 0 Å². The van der Waals surface area contributed by atoms with Crippen LogP contribution in [0.5, 0.6) is 0 Å². The number of morpholine rings is 1. The van der Waals surface area contributed by atoms with Crippen molar-refractivity contribution in [3.63, 3.8) is 0 Å². The summed E-state index contributed by atoms with van der Waals surface area (Å²) in [6, 6.07) is 0.165. The zero-order valence-electron chi connectivity index (χ0n) is 12.9. The van der Waals surface area contributed by atoms with Gasteiger partial charge >= 0.3 is 0 Å². The maximum absolute atomic E-state index is 12.8. The topological polar surface area (TPSA) is 67.4 Å². The van der Waals surface area contributed by atoms with Gasteiger partial charge in [-0.1, -0.05) is 0 Å². The number of rotatable bonds is 4. The third kappa shape index (κ3) is 3.81.